The van der Waals surface area contributed by atoms with Crippen molar-refractivity contribution in [3.63, 3.8) is 0 Å². The van der Waals surface area contributed by atoms with E-state index in [9.17, 15) is 14.4 Å². The maximum atomic E-state index is 13.0. The van der Waals surface area contributed by atoms with Crippen molar-refractivity contribution in [1.29, 1.82) is 0 Å². The van der Waals surface area contributed by atoms with Crippen LogP contribution in [-0.4, -0.2) is 66.5 Å². The van der Waals surface area contributed by atoms with Crippen LogP contribution < -0.4 is 5.56 Å². The van der Waals surface area contributed by atoms with E-state index in [1.165, 1.54) is 6.07 Å². The normalized spacial score (nSPS) is 23.1. The van der Waals surface area contributed by atoms with Crippen LogP contribution in [0.15, 0.2) is 16.9 Å². The molecule has 2 aliphatic rings. The largest absolute Gasteiger partial charge is 0.385 e. The molecule has 2 aliphatic heterocycles. The first-order chi connectivity index (χ1) is 12.4. The minimum absolute atomic E-state index is 0.164. The van der Waals surface area contributed by atoms with Crippen molar-refractivity contribution in [2.24, 2.45) is 5.41 Å². The Bertz CT molecular complexity index is 745. The number of piperidine rings is 1. The first-order valence-corrected chi connectivity index (χ1v) is 9.24. The van der Waals surface area contributed by atoms with Crippen LogP contribution in [0.1, 0.15) is 41.7 Å². The molecule has 0 unspecified atom stereocenters. The molecule has 142 valence electrons. The fraction of sp³-hybridized carbons (Fsp3) is 0.632. The van der Waals surface area contributed by atoms with E-state index in [1.807, 2.05) is 4.90 Å². The number of aromatic amines is 1. The van der Waals surface area contributed by atoms with Crippen molar-refractivity contribution in [2.45, 2.75) is 32.6 Å². The number of rotatable bonds is 5. The van der Waals surface area contributed by atoms with Gasteiger partial charge in [-0.3, -0.25) is 14.4 Å². The molecule has 0 saturated carbocycles. The summed E-state index contributed by atoms with van der Waals surface area (Å²) in [6, 6.07) is 3.02. The monoisotopic (exact) mass is 361 g/mol. The van der Waals surface area contributed by atoms with Crippen LogP contribution in [0.4, 0.5) is 0 Å². The lowest BCUT2D eigenvalue weighted by atomic mass is 9.78. The number of methoxy groups -OCH3 is 1. The van der Waals surface area contributed by atoms with Crippen molar-refractivity contribution < 1.29 is 14.3 Å². The molecule has 3 rings (SSSR count). The third-order valence-corrected chi connectivity index (χ3v) is 5.47. The standard InChI is InChI=1S/C19H27N3O4/c1-14-11-15(12-16(23)20-14)17(24)22-9-6-19(13-22)5-3-7-21(18(19)25)8-4-10-26-2/h11-12H,3-10,13H2,1-2H3,(H,20,23)/t19-/m0/s1. The summed E-state index contributed by atoms with van der Waals surface area (Å²) in [5.74, 6) is -0.00220. The molecule has 0 bridgehead atoms. The van der Waals surface area contributed by atoms with E-state index in [1.54, 1.807) is 25.0 Å². The maximum Gasteiger partial charge on any atom is 0.254 e. The van der Waals surface area contributed by atoms with Crippen molar-refractivity contribution in [2.75, 3.05) is 39.9 Å². The molecule has 1 aromatic rings. The van der Waals surface area contributed by atoms with E-state index in [-0.39, 0.29) is 17.4 Å². The number of aryl methyl sites for hydroxylation is 1. The lowest BCUT2D eigenvalue weighted by Crippen LogP contribution is -2.50. The molecule has 0 aliphatic carbocycles. The summed E-state index contributed by atoms with van der Waals surface area (Å²) in [7, 11) is 1.66. The van der Waals surface area contributed by atoms with Gasteiger partial charge in [-0.1, -0.05) is 0 Å². The number of pyridine rings is 1. The van der Waals surface area contributed by atoms with Crippen LogP contribution in [0.3, 0.4) is 0 Å². The highest BCUT2D eigenvalue weighted by atomic mass is 16.5. The van der Waals surface area contributed by atoms with Crippen LogP contribution in [0.25, 0.3) is 0 Å². The lowest BCUT2D eigenvalue weighted by Gasteiger charge is -2.39. The summed E-state index contributed by atoms with van der Waals surface area (Å²) < 4.78 is 5.08. The molecular formula is C19H27N3O4. The third-order valence-electron chi connectivity index (χ3n) is 5.47. The van der Waals surface area contributed by atoms with Gasteiger partial charge < -0.3 is 19.5 Å². The van der Waals surface area contributed by atoms with Gasteiger partial charge in [0.2, 0.25) is 11.5 Å². The number of ether oxygens (including phenoxy) is 1. The van der Waals surface area contributed by atoms with Crippen molar-refractivity contribution in [3.8, 4) is 0 Å². The van der Waals surface area contributed by atoms with Gasteiger partial charge in [-0.25, -0.2) is 0 Å². The first-order valence-electron chi connectivity index (χ1n) is 9.24. The van der Waals surface area contributed by atoms with Crippen LogP contribution in [0, 0.1) is 12.3 Å². The Morgan fingerprint density at radius 2 is 2.08 bits per heavy atom. The van der Waals surface area contributed by atoms with E-state index < -0.39 is 5.41 Å². The molecule has 2 amide bonds. The van der Waals surface area contributed by atoms with Gasteiger partial charge in [-0.2, -0.15) is 0 Å². The van der Waals surface area contributed by atoms with Gasteiger partial charge in [0.25, 0.3) is 5.91 Å². The number of H-pyrrole nitrogens is 1. The summed E-state index contributed by atoms with van der Waals surface area (Å²) in [6.07, 6.45) is 3.31. The third kappa shape index (κ3) is 3.67. The summed E-state index contributed by atoms with van der Waals surface area (Å²) >= 11 is 0. The molecule has 0 radical (unpaired) electrons. The highest BCUT2D eigenvalue weighted by Gasteiger charge is 2.49. The SMILES string of the molecule is COCCCN1CCC[C@@]2(CCN(C(=O)c3cc(C)[nH]c(=O)c3)C2)C1=O. The number of aromatic nitrogens is 1. The van der Waals surface area contributed by atoms with E-state index in [0.717, 1.165) is 25.8 Å². The molecule has 26 heavy (non-hydrogen) atoms. The van der Waals surface area contributed by atoms with Gasteiger partial charge in [-0.15, -0.1) is 0 Å². The number of likely N-dealkylation sites (tertiary alicyclic amines) is 2. The number of carbonyl (C=O) groups excluding carboxylic acids is 2. The molecule has 1 N–H and O–H groups in total. The number of hydrogen-bond acceptors (Lipinski definition) is 4. The van der Waals surface area contributed by atoms with Crippen LogP contribution in [-0.2, 0) is 9.53 Å². The minimum atomic E-state index is -0.461. The molecule has 7 heteroatoms. The smallest absolute Gasteiger partial charge is 0.254 e. The van der Waals surface area contributed by atoms with Gasteiger partial charge in [-0.05, 0) is 38.7 Å². The second-order valence-corrected chi connectivity index (χ2v) is 7.42. The van der Waals surface area contributed by atoms with Gasteiger partial charge in [0, 0.05) is 57.2 Å². The molecule has 1 atom stereocenters. The molecule has 1 spiro atoms. The molecule has 1 aromatic heterocycles. The molecule has 3 heterocycles. The number of amides is 2. The van der Waals surface area contributed by atoms with Gasteiger partial charge in [0.05, 0.1) is 5.41 Å². The summed E-state index contributed by atoms with van der Waals surface area (Å²) in [4.78, 5) is 43.8. The minimum Gasteiger partial charge on any atom is -0.385 e. The average Bonchev–Trinajstić information content (AvgIpc) is 3.02. The zero-order valence-electron chi connectivity index (χ0n) is 15.5. The zero-order valence-corrected chi connectivity index (χ0v) is 15.5. The predicted octanol–water partition coefficient (Wildman–Crippen LogP) is 1.17. The number of carbonyl (C=O) groups is 2. The quantitative estimate of drug-likeness (QED) is 0.798. The van der Waals surface area contributed by atoms with E-state index in [4.69, 9.17) is 4.74 Å². The van der Waals surface area contributed by atoms with Gasteiger partial charge in [0.1, 0.15) is 0 Å². The lowest BCUT2D eigenvalue weighted by molar-refractivity contribution is -0.145. The summed E-state index contributed by atoms with van der Waals surface area (Å²) in [5, 5.41) is 0. The van der Waals surface area contributed by atoms with Crippen LogP contribution in [0.5, 0.6) is 0 Å². The number of nitrogens with zero attached hydrogens (tertiary/aromatic N) is 2. The van der Waals surface area contributed by atoms with Crippen LogP contribution >= 0.6 is 0 Å². The van der Waals surface area contributed by atoms with Crippen molar-refractivity contribution in [1.82, 2.24) is 14.8 Å². The van der Waals surface area contributed by atoms with Crippen molar-refractivity contribution >= 4 is 11.8 Å². The summed E-state index contributed by atoms with van der Waals surface area (Å²) in [6.45, 7) is 4.89. The Kier molecular flexibility index (Phi) is 5.46. The van der Waals surface area contributed by atoms with Crippen LogP contribution in [0.2, 0.25) is 0 Å². The number of hydrogen-bond donors (Lipinski definition) is 1. The second kappa shape index (κ2) is 7.61. The highest BCUT2D eigenvalue weighted by Crippen LogP contribution is 2.40. The first kappa shape index (κ1) is 18.6. The zero-order chi connectivity index (χ0) is 18.7. The highest BCUT2D eigenvalue weighted by molar-refractivity contribution is 5.95. The van der Waals surface area contributed by atoms with Gasteiger partial charge in [0.15, 0.2) is 0 Å². The van der Waals surface area contributed by atoms with Gasteiger partial charge >= 0.3 is 0 Å². The van der Waals surface area contributed by atoms with E-state index >= 15 is 0 Å². The van der Waals surface area contributed by atoms with Crippen molar-refractivity contribution in [3.05, 3.63) is 33.7 Å². The Labute approximate surface area is 153 Å². The van der Waals surface area contributed by atoms with E-state index in [0.29, 0.717) is 43.9 Å². The molecule has 2 saturated heterocycles. The Morgan fingerprint density at radius 1 is 1.27 bits per heavy atom. The average molecular weight is 361 g/mol. The predicted molar refractivity (Wildman–Crippen MR) is 97.1 cm³/mol. The van der Waals surface area contributed by atoms with E-state index in [2.05, 4.69) is 4.98 Å². The molecule has 2 fully saturated rings. The second-order valence-electron chi connectivity index (χ2n) is 7.42. The molecule has 0 aromatic carbocycles. The Hall–Kier alpha value is -2.15. The maximum absolute atomic E-state index is 13.0. The number of nitrogens with one attached hydrogen (secondary N) is 1. The fourth-order valence-electron chi connectivity index (χ4n) is 4.18. The fourth-order valence-corrected chi connectivity index (χ4v) is 4.18. The summed E-state index contributed by atoms with van der Waals surface area (Å²) in [5.41, 5.74) is 0.314. The topological polar surface area (TPSA) is 82.7 Å². The Balaban J connectivity index is 1.71. The molecular weight excluding hydrogens is 334 g/mol. The molecule has 7 nitrogen and oxygen atoms in total. The Morgan fingerprint density at radius 3 is 2.81 bits per heavy atom.